The van der Waals surface area contributed by atoms with Gasteiger partial charge in [-0.1, -0.05) is 24.3 Å². The van der Waals surface area contributed by atoms with E-state index < -0.39 is 20.2 Å². The maximum atomic E-state index is 11.0. The summed E-state index contributed by atoms with van der Waals surface area (Å²) < 4.78 is 53.7. The lowest BCUT2D eigenvalue weighted by Crippen LogP contribution is -2.05. The molecule has 2 rings (SSSR count). The minimum absolute atomic E-state index is 0.258. The molecule has 0 spiro atoms. The molecule has 6 nitrogen and oxygen atoms in total. The van der Waals surface area contributed by atoms with Gasteiger partial charge >= 0.3 is 20.2 Å². The fraction of sp³-hybridized carbons (Fsp3) is 0.200. The molecule has 0 aliphatic carbocycles. The van der Waals surface area contributed by atoms with Gasteiger partial charge in [-0.25, -0.2) is 0 Å². The van der Waals surface area contributed by atoms with Crippen LogP contribution in [0, 0.1) is 0 Å². The Morgan fingerprint density at radius 3 is 1.22 bits per heavy atom. The van der Waals surface area contributed by atoms with Gasteiger partial charge in [0.2, 0.25) is 0 Å². The Labute approximate surface area is 135 Å². The molecule has 0 radical (unpaired) electrons. The first-order valence-electron chi connectivity index (χ1n) is 6.57. The molecule has 23 heavy (non-hydrogen) atoms. The molecule has 0 aromatic heterocycles. The van der Waals surface area contributed by atoms with Crippen molar-refractivity contribution in [3.05, 3.63) is 59.7 Å². The van der Waals surface area contributed by atoms with Gasteiger partial charge in [0.05, 0.1) is 12.5 Å². The van der Waals surface area contributed by atoms with Gasteiger partial charge in [0.1, 0.15) is 11.5 Å². The largest absolute Gasteiger partial charge is 0.383 e. The summed E-state index contributed by atoms with van der Waals surface area (Å²) in [7, 11) is -7.06. The number of hydrogen-bond acceptors (Lipinski definition) is 6. The average Bonchev–Trinajstić information content (AvgIpc) is 2.40. The molecule has 8 heteroatoms. The highest BCUT2D eigenvalue weighted by Crippen LogP contribution is 2.19. The highest BCUT2D eigenvalue weighted by atomic mass is 32.2. The normalized spacial score (nSPS) is 11.9. The Kier molecular flexibility index (Phi) is 4.96. The maximum Gasteiger partial charge on any atom is 0.306 e. The molecular formula is C15H16O6S2. The SMILES string of the molecule is CS(=O)(=O)Oc1ccc(Cc2ccc(OS(C)(=O)=O)cc2)cc1. The molecule has 0 fully saturated rings. The second-order valence-electron chi connectivity index (χ2n) is 5.04. The Bertz CT molecular complexity index is 791. The van der Waals surface area contributed by atoms with Gasteiger partial charge in [-0.3, -0.25) is 0 Å². The molecule has 0 aliphatic heterocycles. The van der Waals surface area contributed by atoms with Gasteiger partial charge in [-0.05, 0) is 41.8 Å². The van der Waals surface area contributed by atoms with Crippen molar-refractivity contribution in [1.29, 1.82) is 0 Å². The van der Waals surface area contributed by atoms with Crippen molar-refractivity contribution in [3.63, 3.8) is 0 Å². The van der Waals surface area contributed by atoms with Crippen molar-refractivity contribution in [3.8, 4) is 11.5 Å². The Morgan fingerprint density at radius 1 is 0.652 bits per heavy atom. The second-order valence-corrected chi connectivity index (χ2v) is 8.19. The first-order chi connectivity index (χ1) is 10.6. The molecule has 0 atom stereocenters. The van der Waals surface area contributed by atoms with E-state index in [1.165, 1.54) is 0 Å². The maximum absolute atomic E-state index is 11.0. The minimum Gasteiger partial charge on any atom is -0.383 e. The van der Waals surface area contributed by atoms with Crippen LogP contribution in [0.4, 0.5) is 0 Å². The summed E-state index contributed by atoms with van der Waals surface area (Å²) >= 11 is 0. The Balaban J connectivity index is 2.04. The van der Waals surface area contributed by atoms with Crippen molar-refractivity contribution < 1.29 is 25.2 Å². The zero-order valence-corrected chi connectivity index (χ0v) is 14.2. The van der Waals surface area contributed by atoms with Crippen LogP contribution in [0.3, 0.4) is 0 Å². The molecule has 0 saturated carbocycles. The molecule has 0 amide bonds. The van der Waals surface area contributed by atoms with Gasteiger partial charge in [0, 0.05) is 0 Å². The minimum atomic E-state index is -3.53. The average molecular weight is 356 g/mol. The summed E-state index contributed by atoms with van der Waals surface area (Å²) in [5.41, 5.74) is 1.92. The van der Waals surface area contributed by atoms with E-state index >= 15 is 0 Å². The topological polar surface area (TPSA) is 86.7 Å². The number of rotatable bonds is 6. The molecule has 2 aromatic carbocycles. The van der Waals surface area contributed by atoms with Crippen LogP contribution in [-0.4, -0.2) is 29.3 Å². The third-order valence-electron chi connectivity index (χ3n) is 2.75. The van der Waals surface area contributed by atoms with Crippen LogP contribution in [0.25, 0.3) is 0 Å². The van der Waals surface area contributed by atoms with Crippen LogP contribution >= 0.6 is 0 Å². The summed E-state index contributed by atoms with van der Waals surface area (Å²) in [6, 6.07) is 13.4. The monoisotopic (exact) mass is 356 g/mol. The van der Waals surface area contributed by atoms with Gasteiger partial charge in [-0.2, -0.15) is 16.8 Å². The molecule has 0 N–H and O–H groups in total. The molecule has 0 heterocycles. The molecule has 0 unspecified atom stereocenters. The predicted molar refractivity (Wildman–Crippen MR) is 86.6 cm³/mol. The molecule has 124 valence electrons. The molecule has 0 bridgehead atoms. The van der Waals surface area contributed by atoms with Crippen molar-refractivity contribution >= 4 is 20.2 Å². The highest BCUT2D eigenvalue weighted by molar-refractivity contribution is 7.86. The fourth-order valence-electron chi connectivity index (χ4n) is 1.91. The second kappa shape index (κ2) is 6.59. The first-order valence-corrected chi connectivity index (χ1v) is 10.2. The van der Waals surface area contributed by atoms with Crippen molar-refractivity contribution in [2.24, 2.45) is 0 Å². The van der Waals surface area contributed by atoms with E-state index in [2.05, 4.69) is 0 Å². The summed E-state index contributed by atoms with van der Waals surface area (Å²) in [6.45, 7) is 0. The van der Waals surface area contributed by atoms with Crippen LogP contribution < -0.4 is 8.37 Å². The van der Waals surface area contributed by atoms with Crippen molar-refractivity contribution in [1.82, 2.24) is 0 Å². The molecule has 0 aliphatic rings. The lowest BCUT2D eigenvalue weighted by molar-refractivity contribution is 0.491. The third-order valence-corrected chi connectivity index (χ3v) is 3.74. The van der Waals surface area contributed by atoms with Crippen LogP contribution in [0.1, 0.15) is 11.1 Å². The van der Waals surface area contributed by atoms with E-state index in [1.807, 2.05) is 0 Å². The summed E-state index contributed by atoms with van der Waals surface area (Å²) in [5.74, 6) is 0.515. The van der Waals surface area contributed by atoms with E-state index in [0.29, 0.717) is 6.42 Å². The fourth-order valence-corrected chi connectivity index (χ4v) is 2.83. The van der Waals surface area contributed by atoms with Crippen LogP contribution in [0.5, 0.6) is 11.5 Å². The number of benzene rings is 2. The first kappa shape index (κ1) is 17.3. The smallest absolute Gasteiger partial charge is 0.306 e. The summed E-state index contributed by atoms with van der Waals surface area (Å²) in [4.78, 5) is 0. The van der Waals surface area contributed by atoms with Crippen LogP contribution in [-0.2, 0) is 26.7 Å². The van der Waals surface area contributed by atoms with E-state index in [9.17, 15) is 16.8 Å². The summed E-state index contributed by atoms with van der Waals surface area (Å²) in [5, 5.41) is 0. The van der Waals surface area contributed by atoms with Gasteiger partial charge in [0.15, 0.2) is 0 Å². The van der Waals surface area contributed by atoms with E-state index in [1.54, 1.807) is 48.5 Å². The van der Waals surface area contributed by atoms with Gasteiger partial charge in [0.25, 0.3) is 0 Å². The van der Waals surface area contributed by atoms with E-state index in [-0.39, 0.29) is 11.5 Å². The summed E-state index contributed by atoms with van der Waals surface area (Å²) in [6.07, 6.45) is 2.58. The Hall–Kier alpha value is -2.06. The van der Waals surface area contributed by atoms with Crippen LogP contribution in [0.2, 0.25) is 0 Å². The molecule has 2 aromatic rings. The molecular weight excluding hydrogens is 340 g/mol. The van der Waals surface area contributed by atoms with Crippen LogP contribution in [0.15, 0.2) is 48.5 Å². The van der Waals surface area contributed by atoms with Gasteiger partial charge < -0.3 is 8.37 Å². The highest BCUT2D eigenvalue weighted by Gasteiger charge is 2.06. The lowest BCUT2D eigenvalue weighted by Gasteiger charge is -2.06. The lowest BCUT2D eigenvalue weighted by atomic mass is 10.1. The van der Waals surface area contributed by atoms with E-state index in [0.717, 1.165) is 23.6 Å². The quantitative estimate of drug-likeness (QED) is 0.735. The van der Waals surface area contributed by atoms with E-state index in [4.69, 9.17) is 8.37 Å². The van der Waals surface area contributed by atoms with Crippen molar-refractivity contribution in [2.45, 2.75) is 6.42 Å². The van der Waals surface area contributed by atoms with Crippen molar-refractivity contribution in [2.75, 3.05) is 12.5 Å². The zero-order chi connectivity index (χ0) is 17.1. The predicted octanol–water partition coefficient (Wildman–Crippen LogP) is 1.95. The molecule has 0 saturated heterocycles. The zero-order valence-electron chi connectivity index (χ0n) is 12.6. The third kappa shape index (κ3) is 6.29. The Morgan fingerprint density at radius 2 is 0.957 bits per heavy atom. The number of hydrogen-bond donors (Lipinski definition) is 0. The standard InChI is InChI=1S/C15H16O6S2/c1-22(16,17)20-14-7-3-12(4-8-14)11-13-5-9-15(10-6-13)21-23(2,18)19/h3-10H,11H2,1-2H3. The van der Waals surface area contributed by atoms with Gasteiger partial charge in [-0.15, -0.1) is 0 Å².